The van der Waals surface area contributed by atoms with Crippen molar-refractivity contribution < 1.29 is 4.79 Å². The molecule has 0 aliphatic rings. The molecule has 2 heterocycles. The number of benzene rings is 2. The van der Waals surface area contributed by atoms with Crippen LogP contribution in [0.1, 0.15) is 12.1 Å². The summed E-state index contributed by atoms with van der Waals surface area (Å²) in [5.41, 5.74) is 2.01. The van der Waals surface area contributed by atoms with Crippen molar-refractivity contribution in [2.75, 3.05) is 11.1 Å². The molecule has 2 aromatic carbocycles. The van der Waals surface area contributed by atoms with Crippen molar-refractivity contribution in [1.29, 1.82) is 0 Å². The van der Waals surface area contributed by atoms with Gasteiger partial charge in [-0.2, -0.15) is 5.10 Å². The van der Waals surface area contributed by atoms with E-state index >= 15 is 0 Å². The van der Waals surface area contributed by atoms with Gasteiger partial charge in [0.1, 0.15) is 0 Å². The average molecular weight is 468 g/mol. The SMILES string of the molecule is Cc1nn(CCCn2c(SCC(=O)Nc3ccccc3)nc3ccccc3c2=O)cc1Cl. The monoisotopic (exact) mass is 467 g/mol. The number of fused-ring (bicyclic) bond motifs is 1. The molecule has 0 unspecified atom stereocenters. The molecule has 0 aliphatic heterocycles. The third-order valence-corrected chi connectivity index (χ3v) is 6.22. The maximum Gasteiger partial charge on any atom is 0.262 e. The number of nitrogens with zero attached hydrogens (tertiary/aromatic N) is 4. The maximum atomic E-state index is 13.2. The first-order valence-corrected chi connectivity index (χ1v) is 11.5. The van der Waals surface area contributed by atoms with Gasteiger partial charge in [0.25, 0.3) is 5.56 Å². The minimum atomic E-state index is -0.156. The second kappa shape index (κ2) is 10.0. The molecule has 0 aliphatic carbocycles. The first kappa shape index (κ1) is 22.1. The zero-order valence-electron chi connectivity index (χ0n) is 17.5. The molecular formula is C23H22ClN5O2S. The van der Waals surface area contributed by atoms with Crippen molar-refractivity contribution in [3.63, 3.8) is 0 Å². The number of hydrogen-bond acceptors (Lipinski definition) is 5. The molecule has 7 nitrogen and oxygen atoms in total. The Morgan fingerprint density at radius 1 is 1.09 bits per heavy atom. The highest BCUT2D eigenvalue weighted by Gasteiger charge is 2.14. The second-order valence-corrected chi connectivity index (χ2v) is 8.60. The van der Waals surface area contributed by atoms with Crippen LogP contribution in [0, 0.1) is 6.92 Å². The van der Waals surface area contributed by atoms with E-state index < -0.39 is 0 Å². The zero-order valence-corrected chi connectivity index (χ0v) is 19.1. The van der Waals surface area contributed by atoms with E-state index in [1.165, 1.54) is 11.8 Å². The summed E-state index contributed by atoms with van der Waals surface area (Å²) in [6.45, 7) is 2.92. The Kier molecular flexibility index (Phi) is 6.92. The Morgan fingerprint density at radius 2 is 1.84 bits per heavy atom. The lowest BCUT2D eigenvalue weighted by molar-refractivity contribution is -0.113. The van der Waals surface area contributed by atoms with Crippen molar-refractivity contribution in [1.82, 2.24) is 19.3 Å². The number of anilines is 1. The summed E-state index contributed by atoms with van der Waals surface area (Å²) in [6.07, 6.45) is 2.45. The zero-order chi connectivity index (χ0) is 22.5. The fourth-order valence-electron chi connectivity index (χ4n) is 3.30. The van der Waals surface area contributed by atoms with Gasteiger partial charge in [-0.1, -0.05) is 53.7 Å². The molecule has 1 amide bonds. The molecule has 0 saturated heterocycles. The number of hydrogen-bond donors (Lipinski definition) is 1. The lowest BCUT2D eigenvalue weighted by atomic mass is 10.2. The van der Waals surface area contributed by atoms with Gasteiger partial charge in [0.15, 0.2) is 5.16 Å². The van der Waals surface area contributed by atoms with Crippen LogP contribution in [0.2, 0.25) is 5.02 Å². The van der Waals surface area contributed by atoms with Crippen LogP contribution >= 0.6 is 23.4 Å². The van der Waals surface area contributed by atoms with E-state index in [0.717, 1.165) is 11.4 Å². The molecule has 1 N–H and O–H groups in total. The van der Waals surface area contributed by atoms with E-state index in [0.29, 0.717) is 40.6 Å². The van der Waals surface area contributed by atoms with E-state index in [2.05, 4.69) is 15.4 Å². The molecule has 9 heteroatoms. The molecule has 0 fully saturated rings. The Labute approximate surface area is 194 Å². The van der Waals surface area contributed by atoms with Crippen LogP contribution in [0.3, 0.4) is 0 Å². The van der Waals surface area contributed by atoms with Gasteiger partial charge < -0.3 is 5.32 Å². The summed E-state index contributed by atoms with van der Waals surface area (Å²) in [5.74, 6) is -0.00926. The summed E-state index contributed by atoms with van der Waals surface area (Å²) in [4.78, 5) is 30.2. The Hall–Kier alpha value is -3.10. The van der Waals surface area contributed by atoms with E-state index in [1.807, 2.05) is 55.5 Å². The van der Waals surface area contributed by atoms with Crippen molar-refractivity contribution >= 4 is 45.9 Å². The highest BCUT2D eigenvalue weighted by atomic mass is 35.5. The second-order valence-electron chi connectivity index (χ2n) is 7.25. The fraction of sp³-hybridized carbons (Fsp3) is 0.217. The first-order valence-electron chi connectivity index (χ1n) is 10.2. The predicted molar refractivity (Wildman–Crippen MR) is 128 cm³/mol. The van der Waals surface area contributed by atoms with Crippen LogP contribution in [0.5, 0.6) is 0 Å². The smallest absolute Gasteiger partial charge is 0.262 e. The average Bonchev–Trinajstić information content (AvgIpc) is 3.12. The molecular weight excluding hydrogens is 446 g/mol. The van der Waals surface area contributed by atoms with E-state index in [4.69, 9.17) is 11.6 Å². The summed E-state index contributed by atoms with van der Waals surface area (Å²) < 4.78 is 3.41. The van der Waals surface area contributed by atoms with Crippen LogP contribution < -0.4 is 10.9 Å². The lowest BCUT2D eigenvalue weighted by Crippen LogP contribution is -2.25. The predicted octanol–water partition coefficient (Wildman–Crippen LogP) is 4.38. The summed E-state index contributed by atoms with van der Waals surface area (Å²) >= 11 is 7.33. The number of rotatable bonds is 8. The molecule has 0 saturated carbocycles. The number of carbonyl (C=O) groups excluding carboxylic acids is 1. The minimum absolute atomic E-state index is 0.115. The van der Waals surface area contributed by atoms with Gasteiger partial charge in [0.05, 0.1) is 27.4 Å². The van der Waals surface area contributed by atoms with Crippen molar-refractivity contribution in [2.45, 2.75) is 31.6 Å². The van der Waals surface area contributed by atoms with E-state index in [1.54, 1.807) is 21.5 Å². The Bertz CT molecular complexity index is 1280. The molecule has 0 spiro atoms. The normalized spacial score (nSPS) is 11.1. The van der Waals surface area contributed by atoms with Crippen LogP contribution in [-0.2, 0) is 17.9 Å². The number of amides is 1. The van der Waals surface area contributed by atoms with Gasteiger partial charge in [0.2, 0.25) is 5.91 Å². The molecule has 0 bridgehead atoms. The topological polar surface area (TPSA) is 81.8 Å². The number of thioether (sulfide) groups is 1. The maximum absolute atomic E-state index is 13.2. The fourth-order valence-corrected chi connectivity index (χ4v) is 4.28. The third kappa shape index (κ3) is 5.20. The van der Waals surface area contributed by atoms with Crippen LogP contribution in [0.25, 0.3) is 10.9 Å². The highest BCUT2D eigenvalue weighted by molar-refractivity contribution is 7.99. The number of nitrogens with one attached hydrogen (secondary N) is 1. The molecule has 32 heavy (non-hydrogen) atoms. The molecule has 4 aromatic rings. The lowest BCUT2D eigenvalue weighted by Gasteiger charge is -2.13. The number of aryl methyl sites for hydroxylation is 2. The minimum Gasteiger partial charge on any atom is -0.325 e. The number of carbonyl (C=O) groups is 1. The summed E-state index contributed by atoms with van der Waals surface area (Å²) in [7, 11) is 0. The van der Waals surface area contributed by atoms with Crippen molar-refractivity contribution in [3.05, 3.63) is 81.9 Å². The number of halogens is 1. The van der Waals surface area contributed by atoms with E-state index in [9.17, 15) is 9.59 Å². The van der Waals surface area contributed by atoms with Crippen LogP contribution in [0.4, 0.5) is 5.69 Å². The number of para-hydroxylation sites is 2. The van der Waals surface area contributed by atoms with E-state index in [-0.39, 0.29) is 17.2 Å². The van der Waals surface area contributed by atoms with Crippen molar-refractivity contribution in [3.8, 4) is 0 Å². The van der Waals surface area contributed by atoms with Gasteiger partial charge in [0, 0.05) is 25.0 Å². The molecule has 4 rings (SSSR count). The van der Waals surface area contributed by atoms with Gasteiger partial charge in [-0.15, -0.1) is 0 Å². The summed E-state index contributed by atoms with van der Waals surface area (Å²) in [6, 6.07) is 16.5. The molecule has 0 radical (unpaired) electrons. The highest BCUT2D eigenvalue weighted by Crippen LogP contribution is 2.19. The largest absolute Gasteiger partial charge is 0.325 e. The third-order valence-electron chi connectivity index (χ3n) is 4.87. The number of aromatic nitrogens is 4. The van der Waals surface area contributed by atoms with Gasteiger partial charge in [-0.3, -0.25) is 18.8 Å². The van der Waals surface area contributed by atoms with Crippen molar-refractivity contribution in [2.24, 2.45) is 0 Å². The van der Waals surface area contributed by atoms with Crippen LogP contribution in [-0.4, -0.2) is 31.0 Å². The standard InChI is InChI=1S/C23H22ClN5O2S/c1-16-19(24)14-28(27-16)12-7-13-29-22(31)18-10-5-6-11-20(18)26-23(29)32-15-21(30)25-17-8-3-2-4-9-17/h2-6,8-11,14H,7,12-13,15H2,1H3,(H,25,30). The Morgan fingerprint density at radius 3 is 2.59 bits per heavy atom. The first-order chi connectivity index (χ1) is 15.5. The molecule has 164 valence electrons. The van der Waals surface area contributed by atoms with Gasteiger partial charge >= 0.3 is 0 Å². The quantitative estimate of drug-likeness (QED) is 0.307. The molecule has 0 atom stereocenters. The summed E-state index contributed by atoms with van der Waals surface area (Å²) in [5, 5.41) is 8.92. The Balaban J connectivity index is 1.51. The van der Waals surface area contributed by atoms with Crippen LogP contribution in [0.15, 0.2) is 70.7 Å². The van der Waals surface area contributed by atoms with Gasteiger partial charge in [-0.25, -0.2) is 4.98 Å². The van der Waals surface area contributed by atoms with Gasteiger partial charge in [-0.05, 0) is 37.6 Å². The molecule has 2 aromatic heterocycles.